The highest BCUT2D eigenvalue weighted by molar-refractivity contribution is 7.92. The first-order chi connectivity index (χ1) is 14.7. The summed E-state index contributed by atoms with van der Waals surface area (Å²) in [6.07, 6.45) is -1.09. The van der Waals surface area contributed by atoms with Crippen LogP contribution in [0, 0.1) is 0 Å². The lowest BCUT2D eigenvalue weighted by molar-refractivity contribution is 0.145. The molecule has 0 aliphatic heterocycles. The predicted octanol–water partition coefficient (Wildman–Crippen LogP) is 5.79. The topological polar surface area (TPSA) is 65.8 Å². The first-order valence-electron chi connectivity index (χ1n) is 9.75. The number of anilines is 1. The van der Waals surface area contributed by atoms with E-state index in [1.807, 2.05) is 24.3 Å². The molecule has 160 valence electrons. The van der Waals surface area contributed by atoms with Crippen LogP contribution in [-0.2, 0) is 16.8 Å². The molecule has 0 aliphatic carbocycles. The molecule has 0 saturated carbocycles. The van der Waals surface area contributed by atoms with Crippen molar-refractivity contribution in [1.29, 1.82) is 0 Å². The van der Waals surface area contributed by atoms with Crippen LogP contribution in [0.25, 0.3) is 16.6 Å². The lowest BCUT2D eigenvalue weighted by atomic mass is 9.87. The number of nitrogens with zero attached hydrogens (tertiary/aromatic N) is 3. The number of fused-ring (bicyclic) bond motifs is 1. The summed E-state index contributed by atoms with van der Waals surface area (Å²) in [6, 6.07) is 17.6. The summed E-state index contributed by atoms with van der Waals surface area (Å²) in [5.74, 6) is 0.213. The summed E-state index contributed by atoms with van der Waals surface area (Å²) in [5, 5.41) is 4.81. The third kappa shape index (κ3) is 4.40. The van der Waals surface area contributed by atoms with Gasteiger partial charge in [0.15, 0.2) is 10.7 Å². The molecule has 1 atom stereocenters. The number of pyridine rings is 1. The second kappa shape index (κ2) is 8.28. The second-order valence-electron chi connectivity index (χ2n) is 8.16. The maximum absolute atomic E-state index is 13.4. The smallest absolute Gasteiger partial charge is 0.282 e. The molecule has 2 heterocycles. The normalized spacial score (nSPS) is 13.0. The Morgan fingerprint density at radius 1 is 1.03 bits per heavy atom. The Morgan fingerprint density at radius 2 is 1.77 bits per heavy atom. The van der Waals surface area contributed by atoms with Crippen LogP contribution >= 0.6 is 0 Å². The molecule has 0 fully saturated rings. The summed E-state index contributed by atoms with van der Waals surface area (Å²) in [5.41, 5.74) is 1.96. The number of nitrogens with one attached hydrogen (secondary N) is 1. The molecule has 31 heavy (non-hydrogen) atoms. The number of hydrogen-bond acceptors (Lipinski definition) is 4. The second-order valence-corrected chi connectivity index (χ2v) is 9.37. The zero-order valence-corrected chi connectivity index (χ0v) is 18.2. The van der Waals surface area contributed by atoms with E-state index in [2.05, 4.69) is 35.6 Å². The average Bonchev–Trinajstić information content (AvgIpc) is 3.16. The van der Waals surface area contributed by atoms with Crippen molar-refractivity contribution in [2.24, 2.45) is 0 Å². The summed E-state index contributed by atoms with van der Waals surface area (Å²) in [4.78, 5) is 4.85. The molecule has 4 rings (SSSR count). The average molecular weight is 441 g/mol. The molecule has 1 unspecified atom stereocenters. The van der Waals surface area contributed by atoms with E-state index >= 15 is 0 Å². The monoisotopic (exact) mass is 440 g/mol. The van der Waals surface area contributed by atoms with E-state index in [-0.39, 0.29) is 11.2 Å². The number of benzene rings is 2. The molecule has 0 bridgehead atoms. The molecule has 5 nitrogen and oxygen atoms in total. The molecule has 2 aromatic heterocycles. The van der Waals surface area contributed by atoms with Gasteiger partial charge in [0, 0.05) is 17.6 Å². The lowest BCUT2D eigenvalue weighted by Gasteiger charge is -2.19. The van der Waals surface area contributed by atoms with Gasteiger partial charge in [0.2, 0.25) is 0 Å². The fourth-order valence-electron chi connectivity index (χ4n) is 3.27. The molecular formula is C23H22F2N4OS. The van der Waals surface area contributed by atoms with E-state index in [1.54, 1.807) is 36.5 Å². The fourth-order valence-corrected chi connectivity index (χ4v) is 4.10. The van der Waals surface area contributed by atoms with Crippen LogP contribution in [0.5, 0.6) is 0 Å². The quantitative estimate of drug-likeness (QED) is 0.399. The SMILES string of the molecule is CC(C)(C)c1ccc([S+]([O-])Nc2cc(C(F)F)nn2-c2cccc3ncccc23)cc1. The van der Waals surface area contributed by atoms with Crippen molar-refractivity contribution in [3.63, 3.8) is 0 Å². The van der Waals surface area contributed by atoms with Gasteiger partial charge in [-0.05, 0) is 47.4 Å². The van der Waals surface area contributed by atoms with Gasteiger partial charge in [-0.15, -0.1) is 0 Å². The van der Waals surface area contributed by atoms with E-state index in [1.165, 1.54) is 10.7 Å². The highest BCUT2D eigenvalue weighted by Gasteiger charge is 2.22. The van der Waals surface area contributed by atoms with Crippen LogP contribution < -0.4 is 4.72 Å². The molecule has 0 aliphatic rings. The molecule has 0 saturated heterocycles. The molecule has 8 heteroatoms. The van der Waals surface area contributed by atoms with E-state index in [9.17, 15) is 13.3 Å². The van der Waals surface area contributed by atoms with Gasteiger partial charge in [-0.1, -0.05) is 39.0 Å². The van der Waals surface area contributed by atoms with Crippen molar-refractivity contribution >= 4 is 28.1 Å². The van der Waals surface area contributed by atoms with Gasteiger partial charge in [-0.3, -0.25) is 4.98 Å². The number of halogens is 2. The Hall–Kier alpha value is -2.97. The standard InChI is InChI=1S/C23H22F2N4OS/c1-23(2,3)15-9-11-16(12-10-15)31(30)28-21-14-19(22(24)25)27-29(21)20-8-4-7-18-17(20)6-5-13-26-18/h4-14,22,28H,1-3H3. The van der Waals surface area contributed by atoms with Gasteiger partial charge in [-0.2, -0.15) is 9.82 Å². The van der Waals surface area contributed by atoms with Crippen molar-refractivity contribution in [2.75, 3.05) is 4.72 Å². The van der Waals surface area contributed by atoms with Crippen molar-refractivity contribution in [3.05, 3.63) is 78.1 Å². The molecule has 0 amide bonds. The number of alkyl halides is 2. The molecule has 0 radical (unpaired) electrons. The minimum Gasteiger partial charge on any atom is -0.588 e. The molecule has 1 N–H and O–H groups in total. The van der Waals surface area contributed by atoms with Gasteiger partial charge < -0.3 is 4.55 Å². The van der Waals surface area contributed by atoms with Crippen LogP contribution in [-0.4, -0.2) is 19.3 Å². The summed E-state index contributed by atoms with van der Waals surface area (Å²) < 4.78 is 44.0. The Bertz CT molecular complexity index is 1200. The van der Waals surface area contributed by atoms with Crippen molar-refractivity contribution < 1.29 is 13.3 Å². The van der Waals surface area contributed by atoms with Crippen LogP contribution in [0.3, 0.4) is 0 Å². The van der Waals surface area contributed by atoms with Gasteiger partial charge in [0.1, 0.15) is 17.1 Å². The third-order valence-corrected chi connectivity index (χ3v) is 6.03. The zero-order chi connectivity index (χ0) is 22.2. The van der Waals surface area contributed by atoms with Gasteiger partial charge in [0.25, 0.3) is 6.43 Å². The Morgan fingerprint density at radius 3 is 2.45 bits per heavy atom. The highest BCUT2D eigenvalue weighted by atomic mass is 32.2. The van der Waals surface area contributed by atoms with E-state index in [4.69, 9.17) is 0 Å². The summed E-state index contributed by atoms with van der Waals surface area (Å²) >= 11 is -1.66. The molecular weight excluding hydrogens is 418 g/mol. The minimum absolute atomic E-state index is 0.0271. The van der Waals surface area contributed by atoms with Crippen LogP contribution in [0.1, 0.15) is 38.5 Å². The Kier molecular flexibility index (Phi) is 5.68. The number of aromatic nitrogens is 3. The van der Waals surface area contributed by atoms with E-state index in [0.29, 0.717) is 16.1 Å². The van der Waals surface area contributed by atoms with Gasteiger partial charge >= 0.3 is 0 Å². The van der Waals surface area contributed by atoms with Crippen molar-refractivity contribution in [1.82, 2.24) is 14.8 Å². The van der Waals surface area contributed by atoms with Gasteiger partial charge in [-0.25, -0.2) is 13.5 Å². The maximum atomic E-state index is 13.4. The Balaban J connectivity index is 1.72. The van der Waals surface area contributed by atoms with Crippen molar-refractivity contribution in [2.45, 2.75) is 37.5 Å². The maximum Gasteiger partial charge on any atom is 0.282 e. The zero-order valence-electron chi connectivity index (χ0n) is 17.3. The number of rotatable bonds is 5. The summed E-state index contributed by atoms with van der Waals surface area (Å²) in [7, 11) is 0. The molecule has 4 aromatic rings. The Labute approximate surface area is 182 Å². The minimum atomic E-state index is -2.76. The molecule has 0 spiro atoms. The first-order valence-corrected chi connectivity index (χ1v) is 10.9. The van der Waals surface area contributed by atoms with Crippen LogP contribution in [0.15, 0.2) is 71.8 Å². The predicted molar refractivity (Wildman–Crippen MR) is 119 cm³/mol. The highest BCUT2D eigenvalue weighted by Crippen LogP contribution is 2.30. The first kappa shape index (κ1) is 21.3. The van der Waals surface area contributed by atoms with Crippen molar-refractivity contribution in [3.8, 4) is 5.69 Å². The van der Waals surface area contributed by atoms with Crippen LogP contribution in [0.4, 0.5) is 14.6 Å². The largest absolute Gasteiger partial charge is 0.588 e. The lowest BCUT2D eigenvalue weighted by Crippen LogP contribution is -2.17. The van der Waals surface area contributed by atoms with E-state index < -0.39 is 23.5 Å². The fraction of sp³-hybridized carbons (Fsp3) is 0.217. The van der Waals surface area contributed by atoms with E-state index in [0.717, 1.165) is 10.9 Å². The van der Waals surface area contributed by atoms with Crippen LogP contribution in [0.2, 0.25) is 0 Å². The van der Waals surface area contributed by atoms with Gasteiger partial charge in [0.05, 0.1) is 11.2 Å². The summed E-state index contributed by atoms with van der Waals surface area (Å²) in [6.45, 7) is 6.29. The molecule has 2 aromatic carbocycles. The number of hydrogen-bond donors (Lipinski definition) is 1. The third-order valence-electron chi connectivity index (χ3n) is 4.93.